The Morgan fingerprint density at radius 2 is 1.28 bits per heavy atom. The van der Waals surface area contributed by atoms with Gasteiger partial charge in [0.05, 0.1) is 33.5 Å². The van der Waals surface area contributed by atoms with E-state index in [0.29, 0.717) is 5.82 Å². The van der Waals surface area contributed by atoms with Crippen LogP contribution in [0.5, 0.6) is 0 Å². The molecule has 4 nitrogen and oxygen atoms in total. The third-order valence-electron chi connectivity index (χ3n) is 9.98. The second kappa shape index (κ2) is 9.51. The standard InChI is InChI=1S/C43H29N3O/c1-43(2)32-20-10-6-17-29(32)38-39(26-14-4-3-5-15-26)44-42(45-41(38)43)30-18-8-12-22-34(30)46-33-21-11-7-16-27(33)28-24-25-36-37(40(28)46)31-19-9-13-23-35(31)47-36/h3-25H,1-2H3. The fraction of sp³-hybridized carbons (Fsp3) is 0.0698. The average molecular weight is 604 g/mol. The van der Waals surface area contributed by atoms with Crippen LogP contribution in [-0.4, -0.2) is 14.5 Å². The van der Waals surface area contributed by atoms with Gasteiger partial charge in [0, 0.05) is 38.3 Å². The lowest BCUT2D eigenvalue weighted by Crippen LogP contribution is -2.17. The Kier molecular flexibility index (Phi) is 5.31. The summed E-state index contributed by atoms with van der Waals surface area (Å²) in [5, 5.41) is 4.60. The Morgan fingerprint density at radius 1 is 0.574 bits per heavy atom. The van der Waals surface area contributed by atoms with Crippen molar-refractivity contribution in [2.24, 2.45) is 0 Å². The topological polar surface area (TPSA) is 43.9 Å². The molecule has 0 amide bonds. The highest BCUT2D eigenvalue weighted by Crippen LogP contribution is 2.51. The lowest BCUT2D eigenvalue weighted by Gasteiger charge is -2.22. The van der Waals surface area contributed by atoms with Gasteiger partial charge in [0.1, 0.15) is 11.2 Å². The fourth-order valence-electron chi connectivity index (χ4n) is 7.84. The summed E-state index contributed by atoms with van der Waals surface area (Å²) in [4.78, 5) is 10.9. The molecule has 3 heterocycles. The van der Waals surface area contributed by atoms with Crippen molar-refractivity contribution in [3.63, 3.8) is 0 Å². The molecule has 0 aliphatic heterocycles. The predicted molar refractivity (Wildman–Crippen MR) is 192 cm³/mol. The van der Waals surface area contributed by atoms with Crippen molar-refractivity contribution in [2.45, 2.75) is 19.3 Å². The lowest BCUT2D eigenvalue weighted by atomic mass is 9.85. The first kappa shape index (κ1) is 26.2. The fourth-order valence-corrected chi connectivity index (χ4v) is 7.84. The maximum Gasteiger partial charge on any atom is 0.162 e. The molecule has 0 fully saturated rings. The highest BCUT2D eigenvalue weighted by molar-refractivity contribution is 6.24. The lowest BCUT2D eigenvalue weighted by molar-refractivity contribution is 0.636. The molecule has 6 aromatic carbocycles. The van der Waals surface area contributed by atoms with E-state index in [2.05, 4.69) is 146 Å². The molecule has 0 bridgehead atoms. The summed E-state index contributed by atoms with van der Waals surface area (Å²) in [5.41, 5.74) is 12.5. The number of aromatic nitrogens is 3. The van der Waals surface area contributed by atoms with Crippen molar-refractivity contribution in [3.8, 4) is 39.5 Å². The van der Waals surface area contributed by atoms with Crippen molar-refractivity contribution in [1.29, 1.82) is 0 Å². The highest BCUT2D eigenvalue weighted by Gasteiger charge is 2.39. The van der Waals surface area contributed by atoms with Crippen LogP contribution in [0.1, 0.15) is 25.1 Å². The van der Waals surface area contributed by atoms with E-state index >= 15 is 0 Å². The van der Waals surface area contributed by atoms with Crippen LogP contribution in [0.3, 0.4) is 0 Å². The molecule has 3 aromatic heterocycles. The van der Waals surface area contributed by atoms with E-state index in [4.69, 9.17) is 14.4 Å². The summed E-state index contributed by atoms with van der Waals surface area (Å²) >= 11 is 0. The van der Waals surface area contributed by atoms with Crippen LogP contribution in [-0.2, 0) is 5.41 Å². The molecule has 0 radical (unpaired) electrons. The minimum absolute atomic E-state index is 0.281. The number of benzene rings is 6. The number of rotatable bonds is 3. The molecule has 9 aromatic rings. The Hall–Kier alpha value is -6.00. The Morgan fingerprint density at radius 3 is 2.15 bits per heavy atom. The molecule has 0 saturated carbocycles. The zero-order valence-corrected chi connectivity index (χ0v) is 26.0. The number of nitrogens with zero attached hydrogens (tertiary/aromatic N) is 3. The molecule has 10 rings (SSSR count). The summed E-state index contributed by atoms with van der Waals surface area (Å²) in [6, 6.07) is 49.1. The summed E-state index contributed by atoms with van der Waals surface area (Å²) in [6.45, 7) is 4.56. The molecular formula is C43H29N3O. The van der Waals surface area contributed by atoms with E-state index in [1.165, 1.54) is 21.9 Å². The number of para-hydroxylation sites is 3. The van der Waals surface area contributed by atoms with Crippen LogP contribution in [0.25, 0.3) is 83.2 Å². The van der Waals surface area contributed by atoms with Crippen LogP contribution in [0, 0.1) is 0 Å². The van der Waals surface area contributed by atoms with Gasteiger partial charge in [-0.2, -0.15) is 0 Å². The van der Waals surface area contributed by atoms with Gasteiger partial charge in [-0.15, -0.1) is 0 Å². The maximum absolute atomic E-state index is 6.39. The quantitative estimate of drug-likeness (QED) is 0.202. The molecule has 0 saturated heterocycles. The molecule has 0 unspecified atom stereocenters. The first-order valence-electron chi connectivity index (χ1n) is 16.1. The molecule has 1 aliphatic rings. The maximum atomic E-state index is 6.39. The van der Waals surface area contributed by atoms with Crippen LogP contribution >= 0.6 is 0 Å². The van der Waals surface area contributed by atoms with Crippen LogP contribution in [0.15, 0.2) is 144 Å². The molecule has 0 spiro atoms. The third kappa shape index (κ3) is 3.58. The number of fused-ring (bicyclic) bond motifs is 10. The van der Waals surface area contributed by atoms with Gasteiger partial charge in [-0.05, 0) is 47.5 Å². The van der Waals surface area contributed by atoms with Gasteiger partial charge in [-0.3, -0.25) is 0 Å². The van der Waals surface area contributed by atoms with E-state index in [0.717, 1.165) is 66.7 Å². The minimum atomic E-state index is -0.281. The third-order valence-corrected chi connectivity index (χ3v) is 9.98. The first-order valence-corrected chi connectivity index (χ1v) is 16.1. The molecular weight excluding hydrogens is 574 g/mol. The molecule has 4 heteroatoms. The Bertz CT molecular complexity index is 2710. The van der Waals surface area contributed by atoms with Gasteiger partial charge in [0.15, 0.2) is 5.82 Å². The van der Waals surface area contributed by atoms with Crippen molar-refractivity contribution < 1.29 is 4.42 Å². The average Bonchev–Trinajstić information content (AvgIpc) is 3.74. The molecule has 0 atom stereocenters. The monoisotopic (exact) mass is 603 g/mol. The molecule has 47 heavy (non-hydrogen) atoms. The van der Waals surface area contributed by atoms with Crippen molar-refractivity contribution in [3.05, 3.63) is 151 Å². The van der Waals surface area contributed by atoms with Crippen molar-refractivity contribution >= 4 is 43.7 Å². The normalized spacial score (nSPS) is 13.5. The van der Waals surface area contributed by atoms with Crippen molar-refractivity contribution in [1.82, 2.24) is 14.5 Å². The van der Waals surface area contributed by atoms with Crippen molar-refractivity contribution in [2.75, 3.05) is 0 Å². The van der Waals surface area contributed by atoms with Gasteiger partial charge in [-0.25, -0.2) is 9.97 Å². The van der Waals surface area contributed by atoms with E-state index in [-0.39, 0.29) is 5.41 Å². The highest BCUT2D eigenvalue weighted by atomic mass is 16.3. The summed E-state index contributed by atoms with van der Waals surface area (Å²) in [6.07, 6.45) is 0. The van der Waals surface area contributed by atoms with Gasteiger partial charge >= 0.3 is 0 Å². The van der Waals surface area contributed by atoms with E-state index < -0.39 is 0 Å². The molecule has 222 valence electrons. The van der Waals surface area contributed by atoms with Crippen LogP contribution in [0.2, 0.25) is 0 Å². The Labute approximate surface area is 271 Å². The smallest absolute Gasteiger partial charge is 0.162 e. The van der Waals surface area contributed by atoms with Gasteiger partial charge in [0.25, 0.3) is 0 Å². The van der Waals surface area contributed by atoms with Gasteiger partial charge in [-0.1, -0.05) is 117 Å². The number of furan rings is 1. The first-order chi connectivity index (χ1) is 23.1. The second-order valence-electron chi connectivity index (χ2n) is 13.0. The van der Waals surface area contributed by atoms with Crippen LogP contribution < -0.4 is 0 Å². The zero-order valence-electron chi connectivity index (χ0n) is 26.0. The molecule has 1 aliphatic carbocycles. The number of hydrogen-bond donors (Lipinski definition) is 0. The van der Waals surface area contributed by atoms with E-state index in [1.54, 1.807) is 0 Å². The summed E-state index contributed by atoms with van der Waals surface area (Å²) < 4.78 is 8.78. The molecule has 0 N–H and O–H groups in total. The summed E-state index contributed by atoms with van der Waals surface area (Å²) in [7, 11) is 0. The van der Waals surface area contributed by atoms with E-state index in [1.807, 2.05) is 12.1 Å². The Balaban J connectivity index is 1.32. The van der Waals surface area contributed by atoms with Gasteiger partial charge < -0.3 is 8.98 Å². The summed E-state index contributed by atoms with van der Waals surface area (Å²) in [5.74, 6) is 0.717. The van der Waals surface area contributed by atoms with E-state index in [9.17, 15) is 0 Å². The predicted octanol–water partition coefficient (Wildman–Crippen LogP) is 11.1. The van der Waals surface area contributed by atoms with Gasteiger partial charge in [0.2, 0.25) is 0 Å². The van der Waals surface area contributed by atoms with Crippen LogP contribution in [0.4, 0.5) is 0 Å². The zero-order chi connectivity index (χ0) is 31.3. The minimum Gasteiger partial charge on any atom is -0.456 e. The SMILES string of the molecule is CC1(C)c2ccccc2-c2c(-c3ccccc3)nc(-c3ccccc3-n3c4ccccc4c4ccc5oc6ccccc6c5c43)nc21. The second-order valence-corrected chi connectivity index (χ2v) is 13.0. The number of hydrogen-bond acceptors (Lipinski definition) is 3. The largest absolute Gasteiger partial charge is 0.456 e.